The summed E-state index contributed by atoms with van der Waals surface area (Å²) in [4.78, 5) is 22.3. The van der Waals surface area contributed by atoms with Gasteiger partial charge in [-0.25, -0.2) is 0 Å². The summed E-state index contributed by atoms with van der Waals surface area (Å²) in [5, 5.41) is 26.1. The van der Waals surface area contributed by atoms with Gasteiger partial charge in [-0.2, -0.15) is 0 Å². The van der Waals surface area contributed by atoms with E-state index in [0.717, 1.165) is 5.69 Å². The van der Waals surface area contributed by atoms with E-state index in [0.29, 0.717) is 28.2 Å². The van der Waals surface area contributed by atoms with Gasteiger partial charge in [-0.05, 0) is 30.3 Å². The molecular formula is C18H17ClN6O3S. The lowest BCUT2D eigenvalue weighted by Gasteiger charge is -2.07. The van der Waals surface area contributed by atoms with Crippen LogP contribution >= 0.6 is 23.4 Å². The second-order valence-electron chi connectivity index (χ2n) is 5.96. The molecule has 0 aliphatic heterocycles. The Morgan fingerprint density at radius 2 is 1.97 bits per heavy atom. The highest BCUT2D eigenvalue weighted by Crippen LogP contribution is 2.19. The van der Waals surface area contributed by atoms with E-state index in [2.05, 4.69) is 20.8 Å². The van der Waals surface area contributed by atoms with E-state index in [4.69, 9.17) is 11.6 Å². The zero-order valence-corrected chi connectivity index (χ0v) is 16.9. The molecule has 0 aliphatic carbocycles. The third kappa shape index (κ3) is 5.69. The first-order valence-corrected chi connectivity index (χ1v) is 9.83. The van der Waals surface area contributed by atoms with Gasteiger partial charge in [-0.15, -0.1) is 10.2 Å². The Kier molecular flexibility index (Phi) is 6.68. The second kappa shape index (κ2) is 9.39. The molecule has 0 saturated heterocycles. The monoisotopic (exact) mass is 432 g/mol. The van der Waals surface area contributed by atoms with Gasteiger partial charge in [-0.3, -0.25) is 14.9 Å². The number of carbonyl (C=O) groups excluding carboxylic acids is 1. The Morgan fingerprint density at radius 3 is 2.66 bits per heavy atom. The lowest BCUT2D eigenvalue weighted by Crippen LogP contribution is -2.14. The van der Waals surface area contributed by atoms with Gasteiger partial charge in [0.25, 0.3) is 5.69 Å². The van der Waals surface area contributed by atoms with Crippen LogP contribution in [0.3, 0.4) is 0 Å². The number of amides is 1. The van der Waals surface area contributed by atoms with Gasteiger partial charge in [0.15, 0.2) is 11.0 Å². The van der Waals surface area contributed by atoms with Gasteiger partial charge in [0.05, 0.1) is 17.2 Å². The predicted octanol–water partition coefficient (Wildman–Crippen LogP) is 3.72. The van der Waals surface area contributed by atoms with E-state index < -0.39 is 4.92 Å². The van der Waals surface area contributed by atoms with Crippen molar-refractivity contribution < 1.29 is 9.72 Å². The Bertz CT molecular complexity index is 1020. The van der Waals surface area contributed by atoms with Crippen molar-refractivity contribution in [3.8, 4) is 0 Å². The Labute approximate surface area is 175 Å². The molecule has 0 bridgehead atoms. The lowest BCUT2D eigenvalue weighted by atomic mass is 10.3. The van der Waals surface area contributed by atoms with Gasteiger partial charge < -0.3 is 15.2 Å². The SMILES string of the molecule is Cn1c(CNc2cccc(Cl)c2)nnc1SCC(=O)Nc1ccc([N+](=O)[O-])cc1. The smallest absolute Gasteiger partial charge is 0.269 e. The first-order chi connectivity index (χ1) is 13.9. The number of carbonyl (C=O) groups is 1. The molecule has 2 aromatic carbocycles. The maximum atomic E-state index is 12.1. The van der Waals surface area contributed by atoms with Gasteiger partial charge in [-0.1, -0.05) is 29.4 Å². The molecular weight excluding hydrogens is 416 g/mol. The minimum Gasteiger partial charge on any atom is -0.378 e. The van der Waals surface area contributed by atoms with Crippen LogP contribution in [0.4, 0.5) is 17.1 Å². The van der Waals surface area contributed by atoms with E-state index in [1.54, 1.807) is 10.6 Å². The normalized spacial score (nSPS) is 10.6. The highest BCUT2D eigenvalue weighted by molar-refractivity contribution is 7.99. The summed E-state index contributed by atoms with van der Waals surface area (Å²) in [6.45, 7) is 0.458. The number of nitrogens with one attached hydrogen (secondary N) is 2. The number of aromatic nitrogens is 3. The molecule has 150 valence electrons. The van der Waals surface area contributed by atoms with Crippen LogP contribution in [0, 0.1) is 10.1 Å². The number of rotatable bonds is 8. The van der Waals surface area contributed by atoms with Crippen molar-refractivity contribution in [3.05, 3.63) is 69.5 Å². The average Bonchev–Trinajstić information content (AvgIpc) is 3.05. The van der Waals surface area contributed by atoms with E-state index in [9.17, 15) is 14.9 Å². The maximum Gasteiger partial charge on any atom is 0.269 e. The van der Waals surface area contributed by atoms with E-state index in [1.807, 2.05) is 25.2 Å². The van der Waals surface area contributed by atoms with Crippen LogP contribution in [-0.4, -0.2) is 31.3 Å². The summed E-state index contributed by atoms with van der Waals surface area (Å²) in [6.07, 6.45) is 0. The summed E-state index contributed by atoms with van der Waals surface area (Å²) in [6, 6.07) is 13.0. The lowest BCUT2D eigenvalue weighted by molar-refractivity contribution is -0.384. The molecule has 11 heteroatoms. The molecule has 9 nitrogen and oxygen atoms in total. The molecule has 0 spiro atoms. The number of nitro benzene ring substituents is 1. The number of hydrogen-bond donors (Lipinski definition) is 2. The van der Waals surface area contributed by atoms with Crippen molar-refractivity contribution in [2.24, 2.45) is 7.05 Å². The quantitative estimate of drug-likeness (QED) is 0.316. The number of thioether (sulfide) groups is 1. The Balaban J connectivity index is 1.51. The molecule has 0 fully saturated rings. The molecule has 0 saturated carbocycles. The fraction of sp³-hybridized carbons (Fsp3) is 0.167. The molecule has 1 heterocycles. The standard InChI is InChI=1S/C18H17ClN6O3S/c1-24-16(10-20-14-4-2-3-12(19)9-14)22-23-18(24)29-11-17(26)21-13-5-7-15(8-6-13)25(27)28/h2-9,20H,10-11H2,1H3,(H,21,26). The van der Waals surface area contributed by atoms with Crippen molar-refractivity contribution in [3.63, 3.8) is 0 Å². The van der Waals surface area contributed by atoms with Crippen molar-refractivity contribution in [1.29, 1.82) is 0 Å². The van der Waals surface area contributed by atoms with Gasteiger partial charge in [0, 0.05) is 35.6 Å². The van der Waals surface area contributed by atoms with Gasteiger partial charge in [0.2, 0.25) is 5.91 Å². The van der Waals surface area contributed by atoms with E-state index in [1.165, 1.54) is 36.0 Å². The minimum atomic E-state index is -0.492. The summed E-state index contributed by atoms with van der Waals surface area (Å²) >= 11 is 7.22. The molecule has 0 unspecified atom stereocenters. The van der Waals surface area contributed by atoms with Crippen molar-refractivity contribution >= 4 is 46.3 Å². The maximum absolute atomic E-state index is 12.1. The molecule has 29 heavy (non-hydrogen) atoms. The van der Waals surface area contributed by atoms with Gasteiger partial charge in [0.1, 0.15) is 0 Å². The largest absolute Gasteiger partial charge is 0.378 e. The first kappa shape index (κ1) is 20.6. The summed E-state index contributed by atoms with van der Waals surface area (Å²) in [5.41, 5.74) is 1.33. The van der Waals surface area contributed by atoms with Crippen LogP contribution in [0.5, 0.6) is 0 Å². The predicted molar refractivity (Wildman–Crippen MR) is 112 cm³/mol. The fourth-order valence-corrected chi connectivity index (χ4v) is 3.32. The summed E-state index contributed by atoms with van der Waals surface area (Å²) in [7, 11) is 1.82. The van der Waals surface area contributed by atoms with E-state index in [-0.39, 0.29) is 17.3 Å². The minimum absolute atomic E-state index is 0.0321. The third-order valence-corrected chi connectivity index (χ3v) is 5.15. The molecule has 3 rings (SSSR count). The zero-order chi connectivity index (χ0) is 20.8. The third-order valence-electron chi connectivity index (χ3n) is 3.89. The topological polar surface area (TPSA) is 115 Å². The average molecular weight is 433 g/mol. The van der Waals surface area contributed by atoms with Crippen LogP contribution in [0.2, 0.25) is 5.02 Å². The van der Waals surface area contributed by atoms with Crippen LogP contribution in [0.25, 0.3) is 0 Å². The fourth-order valence-electron chi connectivity index (χ4n) is 2.40. The molecule has 0 radical (unpaired) electrons. The molecule has 0 aliphatic rings. The number of anilines is 2. The second-order valence-corrected chi connectivity index (χ2v) is 7.34. The number of nitrogens with zero attached hydrogens (tertiary/aromatic N) is 4. The molecule has 1 amide bonds. The van der Waals surface area contributed by atoms with Crippen LogP contribution < -0.4 is 10.6 Å². The highest BCUT2D eigenvalue weighted by Gasteiger charge is 2.12. The summed E-state index contributed by atoms with van der Waals surface area (Å²) < 4.78 is 1.81. The number of nitro groups is 1. The van der Waals surface area contributed by atoms with Crippen molar-refractivity contribution in [1.82, 2.24) is 14.8 Å². The van der Waals surface area contributed by atoms with Gasteiger partial charge >= 0.3 is 0 Å². The molecule has 2 N–H and O–H groups in total. The van der Waals surface area contributed by atoms with Crippen LogP contribution in [-0.2, 0) is 18.4 Å². The Morgan fingerprint density at radius 1 is 1.21 bits per heavy atom. The van der Waals surface area contributed by atoms with Crippen LogP contribution in [0.1, 0.15) is 5.82 Å². The number of benzene rings is 2. The first-order valence-electron chi connectivity index (χ1n) is 8.47. The molecule has 0 atom stereocenters. The summed E-state index contributed by atoms with van der Waals surface area (Å²) in [5.74, 6) is 0.596. The Hall–Kier alpha value is -3.11. The number of halogens is 1. The number of non-ortho nitro benzene ring substituents is 1. The highest BCUT2D eigenvalue weighted by atomic mass is 35.5. The van der Waals surface area contributed by atoms with Crippen LogP contribution in [0.15, 0.2) is 53.7 Å². The number of hydrogen-bond acceptors (Lipinski definition) is 7. The zero-order valence-electron chi connectivity index (χ0n) is 15.3. The molecule has 1 aromatic heterocycles. The van der Waals surface area contributed by atoms with E-state index >= 15 is 0 Å². The van der Waals surface area contributed by atoms with Crippen molar-refractivity contribution in [2.75, 3.05) is 16.4 Å². The molecule has 3 aromatic rings. The van der Waals surface area contributed by atoms with Crippen molar-refractivity contribution in [2.45, 2.75) is 11.7 Å².